The number of esters is 1. The normalized spacial score (nSPS) is 15.9. The standard InChI is InChI=1S/C24H38O2/c1-2-3-4-5-6-7-8-9-10-11-12-13-14-15-20-23-21-18-16-17-19-22(21)24(25)26-23/h16-19,23H,2-15,20H2,1H3. The predicted molar refractivity (Wildman–Crippen MR) is 110 cm³/mol. The van der Waals surface area contributed by atoms with Gasteiger partial charge in [0.05, 0.1) is 5.56 Å². The third-order valence-corrected chi connectivity index (χ3v) is 5.60. The second kappa shape index (κ2) is 12.9. The zero-order valence-electron chi connectivity index (χ0n) is 16.8. The van der Waals surface area contributed by atoms with Gasteiger partial charge in [0.1, 0.15) is 6.10 Å². The summed E-state index contributed by atoms with van der Waals surface area (Å²) in [5, 5.41) is 0. The number of hydrogen-bond acceptors (Lipinski definition) is 2. The second-order valence-corrected chi connectivity index (χ2v) is 7.87. The molecule has 2 nitrogen and oxygen atoms in total. The van der Waals surface area contributed by atoms with Crippen molar-refractivity contribution in [1.82, 2.24) is 0 Å². The van der Waals surface area contributed by atoms with E-state index >= 15 is 0 Å². The molecule has 2 rings (SSSR count). The van der Waals surface area contributed by atoms with Crippen LogP contribution in [0.3, 0.4) is 0 Å². The molecule has 0 spiro atoms. The molecule has 2 heteroatoms. The Kier molecular flexibility index (Phi) is 10.5. The molecule has 0 radical (unpaired) electrons. The van der Waals surface area contributed by atoms with E-state index in [1.165, 1.54) is 83.5 Å². The topological polar surface area (TPSA) is 26.3 Å². The monoisotopic (exact) mass is 358 g/mol. The first kappa shape index (κ1) is 21.0. The number of benzene rings is 1. The molecule has 1 aromatic carbocycles. The largest absolute Gasteiger partial charge is 0.454 e. The smallest absolute Gasteiger partial charge is 0.339 e. The number of carbonyl (C=O) groups is 1. The molecule has 0 aliphatic carbocycles. The van der Waals surface area contributed by atoms with E-state index in [1.807, 2.05) is 24.3 Å². The summed E-state index contributed by atoms with van der Waals surface area (Å²) in [6, 6.07) is 7.82. The second-order valence-electron chi connectivity index (χ2n) is 7.87. The van der Waals surface area contributed by atoms with E-state index in [1.54, 1.807) is 0 Å². The molecule has 0 saturated carbocycles. The molecule has 0 aromatic heterocycles. The minimum absolute atomic E-state index is 0.00368. The van der Waals surface area contributed by atoms with Crippen molar-refractivity contribution in [1.29, 1.82) is 0 Å². The van der Waals surface area contributed by atoms with E-state index in [0.29, 0.717) is 0 Å². The van der Waals surface area contributed by atoms with Crippen molar-refractivity contribution in [2.75, 3.05) is 0 Å². The van der Waals surface area contributed by atoms with Gasteiger partial charge in [-0.25, -0.2) is 4.79 Å². The molecule has 0 N–H and O–H groups in total. The fourth-order valence-corrected chi connectivity index (χ4v) is 3.96. The molecule has 1 unspecified atom stereocenters. The van der Waals surface area contributed by atoms with Crippen LogP contribution in [0.25, 0.3) is 0 Å². The number of unbranched alkanes of at least 4 members (excludes halogenated alkanes) is 13. The Morgan fingerprint density at radius 1 is 0.731 bits per heavy atom. The number of hydrogen-bond donors (Lipinski definition) is 0. The highest BCUT2D eigenvalue weighted by Crippen LogP contribution is 2.34. The van der Waals surface area contributed by atoms with Crippen LogP contribution in [0, 0.1) is 0 Å². The van der Waals surface area contributed by atoms with Crippen molar-refractivity contribution < 1.29 is 9.53 Å². The lowest BCUT2D eigenvalue weighted by Crippen LogP contribution is -1.98. The molecule has 1 aromatic rings. The number of cyclic esters (lactones) is 1. The minimum atomic E-state index is -0.143. The highest BCUT2D eigenvalue weighted by Gasteiger charge is 2.29. The number of rotatable bonds is 15. The third-order valence-electron chi connectivity index (χ3n) is 5.60. The Morgan fingerprint density at radius 3 is 1.81 bits per heavy atom. The van der Waals surface area contributed by atoms with Crippen LogP contribution in [-0.2, 0) is 4.74 Å². The van der Waals surface area contributed by atoms with Gasteiger partial charge in [0.15, 0.2) is 0 Å². The maximum atomic E-state index is 11.8. The molecule has 1 heterocycles. The summed E-state index contributed by atoms with van der Waals surface area (Å²) >= 11 is 0. The van der Waals surface area contributed by atoms with Gasteiger partial charge in [-0.1, -0.05) is 109 Å². The molecular formula is C24H38O2. The van der Waals surface area contributed by atoms with E-state index in [2.05, 4.69) is 6.92 Å². The number of carbonyl (C=O) groups excluding carboxylic acids is 1. The summed E-state index contributed by atoms with van der Waals surface area (Å²) in [5.41, 5.74) is 1.86. The van der Waals surface area contributed by atoms with Crippen LogP contribution in [-0.4, -0.2) is 5.97 Å². The Labute approximate surface area is 160 Å². The van der Waals surface area contributed by atoms with Gasteiger partial charge in [0.2, 0.25) is 0 Å². The van der Waals surface area contributed by atoms with E-state index in [9.17, 15) is 4.79 Å². The maximum Gasteiger partial charge on any atom is 0.339 e. The van der Waals surface area contributed by atoms with Gasteiger partial charge in [-0.2, -0.15) is 0 Å². The van der Waals surface area contributed by atoms with Crippen LogP contribution in [0.4, 0.5) is 0 Å². The van der Waals surface area contributed by atoms with Gasteiger partial charge in [-0.3, -0.25) is 0 Å². The average Bonchev–Trinajstić information content (AvgIpc) is 2.98. The van der Waals surface area contributed by atoms with Crippen LogP contribution in [0.15, 0.2) is 24.3 Å². The summed E-state index contributed by atoms with van der Waals surface area (Å²) in [6.07, 6.45) is 20.2. The van der Waals surface area contributed by atoms with E-state index in [-0.39, 0.29) is 12.1 Å². The Morgan fingerprint density at radius 2 is 1.23 bits per heavy atom. The van der Waals surface area contributed by atoms with Gasteiger partial charge in [0.25, 0.3) is 0 Å². The Hall–Kier alpha value is -1.31. The molecule has 26 heavy (non-hydrogen) atoms. The quantitative estimate of drug-likeness (QED) is 0.236. The van der Waals surface area contributed by atoms with Crippen LogP contribution in [0.5, 0.6) is 0 Å². The zero-order chi connectivity index (χ0) is 18.5. The molecule has 1 atom stereocenters. The lowest BCUT2D eigenvalue weighted by Gasteiger charge is -2.10. The van der Waals surface area contributed by atoms with Gasteiger partial charge >= 0.3 is 5.97 Å². The van der Waals surface area contributed by atoms with Gasteiger partial charge < -0.3 is 4.74 Å². The van der Waals surface area contributed by atoms with Crippen LogP contribution < -0.4 is 0 Å². The average molecular weight is 359 g/mol. The highest BCUT2D eigenvalue weighted by atomic mass is 16.5. The van der Waals surface area contributed by atoms with Crippen LogP contribution in [0.2, 0.25) is 0 Å². The Balaban J connectivity index is 1.39. The van der Waals surface area contributed by atoms with Crippen molar-refractivity contribution in [2.45, 2.75) is 109 Å². The Bertz CT molecular complexity index is 509. The fraction of sp³-hybridized carbons (Fsp3) is 0.708. The van der Waals surface area contributed by atoms with Crippen molar-refractivity contribution in [3.05, 3.63) is 35.4 Å². The molecule has 1 aliphatic rings. The summed E-state index contributed by atoms with van der Waals surface area (Å²) in [6.45, 7) is 2.28. The first-order valence-electron chi connectivity index (χ1n) is 11.1. The zero-order valence-corrected chi connectivity index (χ0v) is 16.8. The maximum absolute atomic E-state index is 11.8. The lowest BCUT2D eigenvalue weighted by molar-refractivity contribution is 0.0363. The highest BCUT2D eigenvalue weighted by molar-refractivity contribution is 5.93. The molecule has 0 saturated heterocycles. The van der Waals surface area contributed by atoms with Crippen LogP contribution >= 0.6 is 0 Å². The van der Waals surface area contributed by atoms with Gasteiger partial charge in [-0.05, 0) is 18.9 Å². The van der Waals surface area contributed by atoms with Crippen molar-refractivity contribution in [3.8, 4) is 0 Å². The summed E-state index contributed by atoms with van der Waals surface area (Å²) in [4.78, 5) is 11.8. The molecular weight excluding hydrogens is 320 g/mol. The number of fused-ring (bicyclic) bond motifs is 1. The third kappa shape index (κ3) is 7.51. The molecule has 0 bridgehead atoms. The molecule has 0 amide bonds. The van der Waals surface area contributed by atoms with Crippen molar-refractivity contribution >= 4 is 5.97 Å². The first-order valence-corrected chi connectivity index (χ1v) is 11.1. The summed E-state index contributed by atoms with van der Waals surface area (Å²) in [7, 11) is 0. The van der Waals surface area contributed by atoms with Gasteiger partial charge in [-0.15, -0.1) is 0 Å². The SMILES string of the molecule is CCCCCCCCCCCCCCCCC1OC(=O)c2ccccc21. The van der Waals surface area contributed by atoms with Crippen molar-refractivity contribution in [2.24, 2.45) is 0 Å². The van der Waals surface area contributed by atoms with Crippen LogP contribution in [0.1, 0.15) is 125 Å². The summed E-state index contributed by atoms with van der Waals surface area (Å²) < 4.78 is 5.51. The fourth-order valence-electron chi connectivity index (χ4n) is 3.96. The van der Waals surface area contributed by atoms with Gasteiger partial charge in [0, 0.05) is 5.56 Å². The summed E-state index contributed by atoms with van der Waals surface area (Å²) in [5.74, 6) is -0.143. The molecule has 0 fully saturated rings. The molecule has 146 valence electrons. The first-order chi connectivity index (χ1) is 12.8. The minimum Gasteiger partial charge on any atom is -0.454 e. The lowest BCUT2D eigenvalue weighted by atomic mass is 9.99. The predicted octanol–water partition coefficient (Wildman–Crippen LogP) is 7.77. The molecule has 1 aliphatic heterocycles. The van der Waals surface area contributed by atoms with E-state index in [0.717, 1.165) is 24.0 Å². The van der Waals surface area contributed by atoms with Crippen molar-refractivity contribution in [3.63, 3.8) is 0 Å². The van der Waals surface area contributed by atoms with E-state index in [4.69, 9.17) is 4.74 Å². The number of ether oxygens (including phenoxy) is 1. The van der Waals surface area contributed by atoms with E-state index < -0.39 is 0 Å².